The molecule has 0 amide bonds. The van der Waals surface area contributed by atoms with Crippen LogP contribution in [0.15, 0.2) is 69.9 Å². The van der Waals surface area contributed by atoms with E-state index in [1.54, 1.807) is 43.5 Å². The normalized spacial score (nSPS) is 13.8. The van der Waals surface area contributed by atoms with Crippen molar-refractivity contribution < 1.29 is 23.7 Å². The number of fused-ring (bicyclic) bond motifs is 1. The number of ether oxygens (including phenoxy) is 3. The van der Waals surface area contributed by atoms with Gasteiger partial charge in [0.2, 0.25) is 5.43 Å². The van der Waals surface area contributed by atoms with Gasteiger partial charge < -0.3 is 28.6 Å². The fourth-order valence-corrected chi connectivity index (χ4v) is 4.28. The molecule has 0 aliphatic carbocycles. The van der Waals surface area contributed by atoms with Crippen LogP contribution < -0.4 is 19.8 Å². The van der Waals surface area contributed by atoms with Gasteiger partial charge in [0.05, 0.1) is 33.0 Å². The fraction of sp³-hybridized carbons (Fsp3) is 0.222. The molecule has 7 heteroatoms. The molecule has 0 spiro atoms. The Labute approximate surface area is 196 Å². The molecule has 174 valence electrons. The van der Waals surface area contributed by atoms with Crippen LogP contribution in [0, 0.1) is 0 Å². The molecule has 0 atom stereocenters. The minimum absolute atomic E-state index is 0.131. The second kappa shape index (κ2) is 9.11. The van der Waals surface area contributed by atoms with Gasteiger partial charge in [-0.05, 0) is 42.0 Å². The van der Waals surface area contributed by atoms with Crippen molar-refractivity contribution in [3.05, 3.63) is 70.9 Å². The molecule has 7 nitrogen and oxygen atoms in total. The first-order valence-electron chi connectivity index (χ1n) is 11.0. The highest BCUT2D eigenvalue weighted by molar-refractivity contribution is 5.93. The highest BCUT2D eigenvalue weighted by Crippen LogP contribution is 2.38. The number of morpholine rings is 1. The van der Waals surface area contributed by atoms with Crippen molar-refractivity contribution >= 4 is 16.7 Å². The first-order valence-corrected chi connectivity index (χ1v) is 11.0. The van der Waals surface area contributed by atoms with E-state index in [2.05, 4.69) is 4.90 Å². The van der Waals surface area contributed by atoms with E-state index in [1.807, 2.05) is 24.3 Å². The molecule has 34 heavy (non-hydrogen) atoms. The van der Waals surface area contributed by atoms with Crippen LogP contribution >= 0.6 is 0 Å². The predicted octanol–water partition coefficient (Wildman–Crippen LogP) is 4.69. The van der Waals surface area contributed by atoms with E-state index in [9.17, 15) is 9.90 Å². The van der Waals surface area contributed by atoms with E-state index < -0.39 is 0 Å². The Morgan fingerprint density at radius 1 is 0.882 bits per heavy atom. The van der Waals surface area contributed by atoms with Gasteiger partial charge in [-0.25, -0.2) is 0 Å². The Kier molecular flexibility index (Phi) is 5.86. The summed E-state index contributed by atoms with van der Waals surface area (Å²) >= 11 is 0. The van der Waals surface area contributed by atoms with Crippen molar-refractivity contribution in [3.8, 4) is 39.7 Å². The van der Waals surface area contributed by atoms with Crippen LogP contribution in [-0.4, -0.2) is 45.6 Å². The summed E-state index contributed by atoms with van der Waals surface area (Å²) in [6.07, 6.45) is 0. The van der Waals surface area contributed by atoms with Crippen LogP contribution in [0.5, 0.6) is 17.2 Å². The molecule has 1 aliphatic rings. The molecule has 1 aliphatic heterocycles. The number of methoxy groups -OCH3 is 2. The Morgan fingerprint density at radius 2 is 1.56 bits per heavy atom. The van der Waals surface area contributed by atoms with Crippen LogP contribution in [0.1, 0.15) is 0 Å². The van der Waals surface area contributed by atoms with Gasteiger partial charge in [-0.3, -0.25) is 4.79 Å². The van der Waals surface area contributed by atoms with E-state index in [4.69, 9.17) is 18.6 Å². The average molecular weight is 459 g/mol. The van der Waals surface area contributed by atoms with Crippen LogP contribution in [0.25, 0.3) is 33.4 Å². The number of phenols is 1. The van der Waals surface area contributed by atoms with Crippen molar-refractivity contribution in [1.29, 1.82) is 0 Å². The molecule has 1 aromatic heterocycles. The molecule has 0 saturated carbocycles. The van der Waals surface area contributed by atoms with Gasteiger partial charge in [-0.15, -0.1) is 0 Å². The van der Waals surface area contributed by atoms with Crippen LogP contribution in [0.4, 0.5) is 5.69 Å². The highest BCUT2D eigenvalue weighted by atomic mass is 16.5. The first-order chi connectivity index (χ1) is 16.6. The molecular formula is C27H25NO6. The van der Waals surface area contributed by atoms with E-state index >= 15 is 0 Å². The summed E-state index contributed by atoms with van der Waals surface area (Å²) in [4.78, 5) is 16.2. The number of benzene rings is 3. The standard InChI is InChI=1S/C27H25NO6/c1-31-21-15-22(32-2)25-23(16-21)34-27(18-5-9-20(29)10-6-18)24(26(25)30)17-3-7-19(8-4-17)28-11-13-33-14-12-28/h3-10,15-16,29H,11-14H2,1-2H3. The quantitative estimate of drug-likeness (QED) is 0.464. The third kappa shape index (κ3) is 3.95. The summed E-state index contributed by atoms with van der Waals surface area (Å²) in [6.45, 7) is 3.05. The maximum Gasteiger partial charge on any atom is 0.204 e. The topological polar surface area (TPSA) is 81.4 Å². The highest BCUT2D eigenvalue weighted by Gasteiger charge is 2.22. The van der Waals surface area contributed by atoms with Gasteiger partial charge in [0, 0.05) is 36.5 Å². The lowest BCUT2D eigenvalue weighted by molar-refractivity contribution is 0.122. The fourth-order valence-electron chi connectivity index (χ4n) is 4.28. The molecule has 1 fully saturated rings. The second-order valence-electron chi connectivity index (χ2n) is 8.03. The van der Waals surface area contributed by atoms with Gasteiger partial charge in [0.15, 0.2) is 0 Å². The zero-order valence-electron chi connectivity index (χ0n) is 19.0. The second-order valence-corrected chi connectivity index (χ2v) is 8.03. The van der Waals surface area contributed by atoms with E-state index in [0.29, 0.717) is 52.6 Å². The summed E-state index contributed by atoms with van der Waals surface area (Å²) < 4.78 is 22.6. The number of hydrogen-bond donors (Lipinski definition) is 1. The smallest absolute Gasteiger partial charge is 0.204 e. The molecule has 0 radical (unpaired) electrons. The molecule has 4 aromatic rings. The lowest BCUT2D eigenvalue weighted by atomic mass is 9.97. The summed E-state index contributed by atoms with van der Waals surface area (Å²) in [5.74, 6) is 1.44. The Balaban J connectivity index is 1.73. The predicted molar refractivity (Wildman–Crippen MR) is 131 cm³/mol. The van der Waals surface area contributed by atoms with E-state index in [-0.39, 0.29) is 11.2 Å². The molecule has 1 saturated heterocycles. The Morgan fingerprint density at radius 3 is 2.21 bits per heavy atom. The summed E-state index contributed by atoms with van der Waals surface area (Å²) in [6, 6.07) is 17.8. The molecular weight excluding hydrogens is 434 g/mol. The van der Waals surface area contributed by atoms with Crippen molar-refractivity contribution in [3.63, 3.8) is 0 Å². The van der Waals surface area contributed by atoms with Gasteiger partial charge in [-0.2, -0.15) is 0 Å². The zero-order valence-corrected chi connectivity index (χ0v) is 19.0. The molecule has 0 bridgehead atoms. The number of aromatic hydroxyl groups is 1. The molecule has 2 heterocycles. The van der Waals surface area contributed by atoms with Crippen LogP contribution in [0.3, 0.4) is 0 Å². The third-order valence-electron chi connectivity index (χ3n) is 6.05. The molecule has 5 rings (SSSR count). The number of rotatable bonds is 5. The molecule has 1 N–H and O–H groups in total. The van der Waals surface area contributed by atoms with Crippen LogP contribution in [-0.2, 0) is 4.74 Å². The SMILES string of the molecule is COc1cc(OC)c2c(=O)c(-c3ccc(N4CCOCC4)cc3)c(-c3ccc(O)cc3)oc2c1. The van der Waals surface area contributed by atoms with Crippen molar-refractivity contribution in [1.82, 2.24) is 0 Å². The zero-order chi connectivity index (χ0) is 23.7. The van der Waals surface area contributed by atoms with Gasteiger partial charge in [0.25, 0.3) is 0 Å². The lowest BCUT2D eigenvalue weighted by Crippen LogP contribution is -2.36. The number of hydrogen-bond acceptors (Lipinski definition) is 7. The van der Waals surface area contributed by atoms with Gasteiger partial charge >= 0.3 is 0 Å². The minimum atomic E-state index is -0.206. The van der Waals surface area contributed by atoms with Crippen molar-refractivity contribution in [2.75, 3.05) is 45.4 Å². The Bertz CT molecular complexity index is 1370. The third-order valence-corrected chi connectivity index (χ3v) is 6.05. The largest absolute Gasteiger partial charge is 0.508 e. The summed E-state index contributed by atoms with van der Waals surface area (Å²) in [7, 11) is 3.06. The lowest BCUT2D eigenvalue weighted by Gasteiger charge is -2.29. The average Bonchev–Trinajstić information content (AvgIpc) is 2.89. The van der Waals surface area contributed by atoms with Crippen molar-refractivity contribution in [2.45, 2.75) is 0 Å². The maximum absolute atomic E-state index is 13.9. The summed E-state index contributed by atoms with van der Waals surface area (Å²) in [5, 5.41) is 10.1. The molecule has 0 unspecified atom stereocenters. The number of anilines is 1. The molecule has 3 aromatic carbocycles. The maximum atomic E-state index is 13.9. The minimum Gasteiger partial charge on any atom is -0.508 e. The number of phenolic OH excluding ortho intramolecular Hbond substituents is 1. The monoisotopic (exact) mass is 459 g/mol. The van der Waals surface area contributed by atoms with E-state index in [0.717, 1.165) is 24.3 Å². The first kappa shape index (κ1) is 21.9. The number of nitrogens with zero attached hydrogens (tertiary/aromatic N) is 1. The van der Waals surface area contributed by atoms with Crippen LogP contribution in [0.2, 0.25) is 0 Å². The summed E-state index contributed by atoms with van der Waals surface area (Å²) in [5.41, 5.74) is 3.06. The van der Waals surface area contributed by atoms with Crippen molar-refractivity contribution in [2.24, 2.45) is 0 Å². The van der Waals surface area contributed by atoms with E-state index in [1.165, 1.54) is 7.11 Å². The van der Waals surface area contributed by atoms with Gasteiger partial charge in [0.1, 0.15) is 34.0 Å². The Hall–Kier alpha value is -3.97. The van der Waals surface area contributed by atoms with Gasteiger partial charge in [-0.1, -0.05) is 12.1 Å².